The normalized spacial score (nSPS) is 13.8. The molecular formula is C19H20N2O3. The van der Waals surface area contributed by atoms with E-state index in [0.29, 0.717) is 0 Å². The minimum atomic E-state index is -0.708. The van der Waals surface area contributed by atoms with Gasteiger partial charge >= 0.3 is 6.09 Å². The van der Waals surface area contributed by atoms with Crippen LogP contribution in [0.15, 0.2) is 48.5 Å². The highest BCUT2D eigenvalue weighted by atomic mass is 16.6. The van der Waals surface area contributed by atoms with E-state index in [0.717, 1.165) is 11.1 Å². The second-order valence-corrected chi connectivity index (χ2v) is 5.99. The van der Waals surface area contributed by atoms with Gasteiger partial charge in [0.25, 0.3) is 0 Å². The number of hydrogen-bond donors (Lipinski definition) is 1. The zero-order chi connectivity index (χ0) is 17.3. The molecule has 1 unspecified atom stereocenters. The van der Waals surface area contributed by atoms with Crippen LogP contribution in [0.25, 0.3) is 11.1 Å². The molecule has 2 amide bonds. The Kier molecular flexibility index (Phi) is 4.25. The second-order valence-electron chi connectivity index (χ2n) is 5.99. The van der Waals surface area contributed by atoms with Crippen LogP contribution in [0.2, 0.25) is 0 Å². The number of nitrogens with zero attached hydrogens (tertiary/aromatic N) is 1. The van der Waals surface area contributed by atoms with Gasteiger partial charge in [0.15, 0.2) is 0 Å². The van der Waals surface area contributed by atoms with Crippen LogP contribution in [0.5, 0.6) is 0 Å². The number of benzene rings is 2. The molecule has 0 aliphatic heterocycles. The lowest BCUT2D eigenvalue weighted by Gasteiger charge is -2.23. The number of carbonyl (C=O) groups excluding carboxylic acids is 2. The predicted octanol–water partition coefficient (Wildman–Crippen LogP) is 2.74. The summed E-state index contributed by atoms with van der Waals surface area (Å²) >= 11 is 0. The molecule has 0 spiro atoms. The van der Waals surface area contributed by atoms with Crippen LogP contribution < -0.4 is 5.73 Å². The van der Waals surface area contributed by atoms with E-state index in [4.69, 9.17) is 10.5 Å². The number of ether oxygens (including phenoxy) is 1. The first kappa shape index (κ1) is 16.1. The van der Waals surface area contributed by atoms with Gasteiger partial charge in [-0.2, -0.15) is 0 Å². The average molecular weight is 324 g/mol. The van der Waals surface area contributed by atoms with Gasteiger partial charge in [0.1, 0.15) is 12.6 Å². The molecule has 124 valence electrons. The molecule has 5 nitrogen and oxygen atoms in total. The zero-order valence-electron chi connectivity index (χ0n) is 13.7. The first-order chi connectivity index (χ1) is 11.5. The molecule has 1 atom stereocenters. The molecule has 0 aromatic heterocycles. The van der Waals surface area contributed by atoms with Crippen LogP contribution >= 0.6 is 0 Å². The Morgan fingerprint density at radius 3 is 2.08 bits per heavy atom. The Bertz CT molecular complexity index is 742. The fourth-order valence-electron chi connectivity index (χ4n) is 3.04. The van der Waals surface area contributed by atoms with Gasteiger partial charge in [0.2, 0.25) is 5.91 Å². The highest BCUT2D eigenvalue weighted by Gasteiger charge is 2.30. The monoisotopic (exact) mass is 324 g/mol. The Labute approximate surface area is 141 Å². The van der Waals surface area contributed by atoms with Crippen molar-refractivity contribution in [2.45, 2.75) is 18.9 Å². The molecule has 2 aromatic rings. The number of rotatable bonds is 4. The van der Waals surface area contributed by atoms with Crippen molar-refractivity contribution in [1.29, 1.82) is 0 Å². The van der Waals surface area contributed by atoms with E-state index in [9.17, 15) is 9.59 Å². The molecule has 0 fully saturated rings. The molecule has 0 bridgehead atoms. The molecule has 1 aliphatic carbocycles. The Morgan fingerprint density at radius 1 is 1.08 bits per heavy atom. The third-order valence-electron chi connectivity index (χ3n) is 4.62. The fraction of sp³-hybridized carbons (Fsp3) is 0.263. The molecule has 1 aliphatic rings. The Morgan fingerprint density at radius 2 is 1.58 bits per heavy atom. The highest BCUT2D eigenvalue weighted by Crippen LogP contribution is 2.44. The highest BCUT2D eigenvalue weighted by molar-refractivity contribution is 5.84. The minimum Gasteiger partial charge on any atom is -0.448 e. The summed E-state index contributed by atoms with van der Waals surface area (Å²) < 4.78 is 5.45. The minimum absolute atomic E-state index is 0.00126. The van der Waals surface area contributed by atoms with Crippen LogP contribution in [0.3, 0.4) is 0 Å². The molecule has 24 heavy (non-hydrogen) atoms. The summed E-state index contributed by atoms with van der Waals surface area (Å²) in [6, 6.07) is 15.6. The van der Waals surface area contributed by atoms with E-state index in [1.807, 2.05) is 24.3 Å². The van der Waals surface area contributed by atoms with Gasteiger partial charge in [-0.3, -0.25) is 9.69 Å². The number of fused-ring (bicyclic) bond motifs is 3. The van der Waals surface area contributed by atoms with Crippen LogP contribution in [0.4, 0.5) is 4.79 Å². The van der Waals surface area contributed by atoms with Crippen LogP contribution in [0, 0.1) is 0 Å². The lowest BCUT2D eigenvalue weighted by molar-refractivity contribution is -0.121. The van der Waals surface area contributed by atoms with Gasteiger partial charge in [-0.05, 0) is 29.2 Å². The molecule has 5 heteroatoms. The maximum absolute atomic E-state index is 12.2. The SMILES string of the molecule is CC(C(N)=O)N(C)C(=O)OCC1c2ccccc2-c2ccccc21. The topological polar surface area (TPSA) is 72.6 Å². The summed E-state index contributed by atoms with van der Waals surface area (Å²) in [7, 11) is 1.51. The first-order valence-electron chi connectivity index (χ1n) is 7.88. The summed E-state index contributed by atoms with van der Waals surface area (Å²) in [5, 5.41) is 0. The average Bonchev–Trinajstić information content (AvgIpc) is 2.92. The summed E-state index contributed by atoms with van der Waals surface area (Å²) in [6.45, 7) is 1.80. The van der Waals surface area contributed by atoms with Gasteiger partial charge in [0.05, 0.1) is 0 Å². The zero-order valence-corrected chi connectivity index (χ0v) is 13.7. The van der Waals surface area contributed by atoms with Gasteiger partial charge < -0.3 is 10.5 Å². The number of primary amides is 1. The van der Waals surface area contributed by atoms with Gasteiger partial charge in [0, 0.05) is 13.0 Å². The standard InChI is InChI=1S/C19H20N2O3/c1-12(18(20)22)21(2)19(23)24-11-17-15-9-5-3-7-13(15)14-8-4-6-10-16(14)17/h3-10,12,17H,11H2,1-2H3,(H2,20,22). The van der Waals surface area contributed by atoms with Crippen molar-refractivity contribution in [1.82, 2.24) is 4.90 Å². The number of nitrogens with two attached hydrogens (primary N) is 1. The molecule has 0 radical (unpaired) electrons. The van der Waals surface area contributed by atoms with Gasteiger partial charge in [-0.1, -0.05) is 48.5 Å². The van der Waals surface area contributed by atoms with Crippen molar-refractivity contribution in [3.63, 3.8) is 0 Å². The summed E-state index contributed by atoms with van der Waals surface area (Å²) in [5.74, 6) is -0.565. The first-order valence-corrected chi connectivity index (χ1v) is 7.88. The van der Waals surface area contributed by atoms with E-state index in [1.165, 1.54) is 23.1 Å². The molecule has 0 heterocycles. The molecule has 2 aromatic carbocycles. The number of carbonyl (C=O) groups is 2. The summed E-state index contributed by atoms with van der Waals surface area (Å²) in [6.07, 6.45) is -0.553. The fourth-order valence-corrected chi connectivity index (χ4v) is 3.04. The van der Waals surface area contributed by atoms with E-state index in [2.05, 4.69) is 24.3 Å². The predicted molar refractivity (Wildman–Crippen MR) is 91.5 cm³/mol. The van der Waals surface area contributed by atoms with Crippen molar-refractivity contribution < 1.29 is 14.3 Å². The molecular weight excluding hydrogens is 304 g/mol. The lowest BCUT2D eigenvalue weighted by atomic mass is 9.98. The Balaban J connectivity index is 1.79. The van der Waals surface area contributed by atoms with Crippen LogP contribution in [0.1, 0.15) is 24.0 Å². The van der Waals surface area contributed by atoms with Crippen LogP contribution in [-0.4, -0.2) is 36.6 Å². The number of likely N-dealkylation sites (N-methyl/N-ethyl adjacent to an activating group) is 1. The van der Waals surface area contributed by atoms with Crippen LogP contribution in [-0.2, 0) is 9.53 Å². The van der Waals surface area contributed by atoms with Crippen molar-refractivity contribution in [3.05, 3.63) is 59.7 Å². The molecule has 3 rings (SSSR count). The lowest BCUT2D eigenvalue weighted by Crippen LogP contribution is -2.44. The van der Waals surface area contributed by atoms with E-state index in [-0.39, 0.29) is 12.5 Å². The maximum Gasteiger partial charge on any atom is 0.410 e. The van der Waals surface area contributed by atoms with E-state index < -0.39 is 18.0 Å². The largest absolute Gasteiger partial charge is 0.448 e. The number of hydrogen-bond acceptors (Lipinski definition) is 3. The smallest absolute Gasteiger partial charge is 0.410 e. The van der Waals surface area contributed by atoms with Gasteiger partial charge in [-0.15, -0.1) is 0 Å². The molecule has 2 N–H and O–H groups in total. The van der Waals surface area contributed by atoms with E-state index in [1.54, 1.807) is 6.92 Å². The summed E-state index contributed by atoms with van der Waals surface area (Å²) in [5.41, 5.74) is 9.88. The van der Waals surface area contributed by atoms with Crippen molar-refractivity contribution in [2.24, 2.45) is 5.73 Å². The molecule has 0 saturated heterocycles. The van der Waals surface area contributed by atoms with Crippen molar-refractivity contribution in [2.75, 3.05) is 13.7 Å². The van der Waals surface area contributed by atoms with Crippen molar-refractivity contribution >= 4 is 12.0 Å². The second kappa shape index (κ2) is 6.35. The maximum atomic E-state index is 12.2. The quantitative estimate of drug-likeness (QED) is 0.940. The van der Waals surface area contributed by atoms with E-state index >= 15 is 0 Å². The van der Waals surface area contributed by atoms with Gasteiger partial charge in [-0.25, -0.2) is 4.79 Å². The third kappa shape index (κ3) is 2.73. The number of amides is 2. The Hall–Kier alpha value is -2.82. The van der Waals surface area contributed by atoms with Crippen molar-refractivity contribution in [3.8, 4) is 11.1 Å². The third-order valence-corrected chi connectivity index (χ3v) is 4.62. The molecule has 0 saturated carbocycles. The summed E-state index contributed by atoms with van der Waals surface area (Å²) in [4.78, 5) is 24.6.